The predicted molar refractivity (Wildman–Crippen MR) is 61.7 cm³/mol. The molecule has 0 aliphatic carbocycles. The summed E-state index contributed by atoms with van der Waals surface area (Å²) in [5, 5.41) is 1.21. The summed E-state index contributed by atoms with van der Waals surface area (Å²) in [5.74, 6) is 0.484. The third kappa shape index (κ3) is 1.79. The van der Waals surface area contributed by atoms with Crippen LogP contribution in [-0.4, -0.2) is 11.5 Å². The predicted octanol–water partition coefficient (Wildman–Crippen LogP) is 2.75. The molecule has 0 bridgehead atoms. The summed E-state index contributed by atoms with van der Waals surface area (Å²) in [6.07, 6.45) is 1.01. The molecule has 2 N–H and O–H groups in total. The van der Waals surface area contributed by atoms with Crippen molar-refractivity contribution in [1.82, 2.24) is 4.98 Å². The van der Waals surface area contributed by atoms with Crippen LogP contribution in [0.2, 0.25) is 0 Å². The standard InChI is InChI=1S/C11H14N2S/c1-8(6-7-12)11-13-9-4-2-3-5-10(9)14-11/h2-5,8H,6-7,12H2,1H3. The Morgan fingerprint density at radius 2 is 2.21 bits per heavy atom. The molecule has 3 heteroatoms. The highest BCUT2D eigenvalue weighted by atomic mass is 32.1. The Labute approximate surface area is 87.8 Å². The summed E-state index contributed by atoms with van der Waals surface area (Å²) < 4.78 is 1.27. The Hall–Kier alpha value is -0.930. The molecule has 0 aliphatic heterocycles. The highest BCUT2D eigenvalue weighted by Crippen LogP contribution is 2.28. The molecule has 1 aromatic carbocycles. The second-order valence-corrected chi connectivity index (χ2v) is 4.56. The van der Waals surface area contributed by atoms with Crippen molar-refractivity contribution in [3.8, 4) is 0 Å². The molecular weight excluding hydrogens is 192 g/mol. The third-order valence-corrected chi connectivity index (χ3v) is 3.60. The van der Waals surface area contributed by atoms with E-state index in [2.05, 4.69) is 30.1 Å². The zero-order valence-corrected chi connectivity index (χ0v) is 9.05. The molecular formula is C11H14N2S. The minimum Gasteiger partial charge on any atom is -0.330 e. The van der Waals surface area contributed by atoms with E-state index in [1.54, 1.807) is 11.3 Å². The highest BCUT2D eigenvalue weighted by molar-refractivity contribution is 7.18. The van der Waals surface area contributed by atoms with Gasteiger partial charge in [0.05, 0.1) is 15.2 Å². The van der Waals surface area contributed by atoms with Crippen molar-refractivity contribution < 1.29 is 0 Å². The SMILES string of the molecule is CC(CCN)c1nc2ccccc2s1. The lowest BCUT2D eigenvalue weighted by molar-refractivity contribution is 0.687. The van der Waals surface area contributed by atoms with Crippen LogP contribution in [0.5, 0.6) is 0 Å². The first-order valence-electron chi connectivity index (χ1n) is 4.87. The minimum atomic E-state index is 0.484. The summed E-state index contributed by atoms with van der Waals surface area (Å²) in [6.45, 7) is 2.92. The topological polar surface area (TPSA) is 38.9 Å². The summed E-state index contributed by atoms with van der Waals surface area (Å²) in [4.78, 5) is 4.59. The van der Waals surface area contributed by atoms with Gasteiger partial charge in [-0.05, 0) is 25.1 Å². The van der Waals surface area contributed by atoms with Gasteiger partial charge < -0.3 is 5.73 Å². The molecule has 0 saturated carbocycles. The smallest absolute Gasteiger partial charge is 0.0967 e. The van der Waals surface area contributed by atoms with Gasteiger partial charge >= 0.3 is 0 Å². The second-order valence-electron chi connectivity index (χ2n) is 3.50. The Balaban J connectivity index is 2.35. The molecule has 0 amide bonds. The van der Waals surface area contributed by atoms with E-state index in [1.807, 2.05) is 6.07 Å². The fourth-order valence-electron chi connectivity index (χ4n) is 1.47. The van der Waals surface area contributed by atoms with Gasteiger partial charge in [0.1, 0.15) is 0 Å². The van der Waals surface area contributed by atoms with E-state index in [9.17, 15) is 0 Å². The van der Waals surface area contributed by atoms with Crippen molar-refractivity contribution in [2.75, 3.05) is 6.54 Å². The number of fused-ring (bicyclic) bond motifs is 1. The lowest BCUT2D eigenvalue weighted by Gasteiger charge is -2.03. The molecule has 2 nitrogen and oxygen atoms in total. The van der Waals surface area contributed by atoms with Crippen LogP contribution in [0, 0.1) is 0 Å². The van der Waals surface area contributed by atoms with Gasteiger partial charge in [-0.2, -0.15) is 0 Å². The van der Waals surface area contributed by atoms with Gasteiger partial charge in [-0.25, -0.2) is 4.98 Å². The summed E-state index contributed by atoms with van der Waals surface area (Å²) in [7, 11) is 0. The second kappa shape index (κ2) is 4.07. The van der Waals surface area contributed by atoms with Crippen LogP contribution < -0.4 is 5.73 Å². The van der Waals surface area contributed by atoms with E-state index in [0.29, 0.717) is 5.92 Å². The van der Waals surface area contributed by atoms with Crippen molar-refractivity contribution in [2.24, 2.45) is 5.73 Å². The van der Waals surface area contributed by atoms with Gasteiger partial charge in [0, 0.05) is 5.92 Å². The molecule has 14 heavy (non-hydrogen) atoms. The summed E-state index contributed by atoms with van der Waals surface area (Å²) in [6, 6.07) is 8.26. The minimum absolute atomic E-state index is 0.484. The molecule has 1 heterocycles. The van der Waals surface area contributed by atoms with E-state index in [0.717, 1.165) is 18.5 Å². The number of aromatic nitrogens is 1. The van der Waals surface area contributed by atoms with Crippen molar-refractivity contribution in [3.63, 3.8) is 0 Å². The summed E-state index contributed by atoms with van der Waals surface area (Å²) >= 11 is 1.78. The maximum absolute atomic E-state index is 5.54. The number of nitrogens with zero attached hydrogens (tertiary/aromatic N) is 1. The molecule has 74 valence electrons. The number of benzene rings is 1. The molecule has 0 spiro atoms. The lowest BCUT2D eigenvalue weighted by Crippen LogP contribution is -2.03. The van der Waals surface area contributed by atoms with Crippen LogP contribution >= 0.6 is 11.3 Å². The Kier molecular flexibility index (Phi) is 2.79. The molecule has 1 aromatic heterocycles. The molecule has 2 aromatic rings. The zero-order valence-electron chi connectivity index (χ0n) is 8.23. The highest BCUT2D eigenvalue weighted by Gasteiger charge is 2.09. The van der Waals surface area contributed by atoms with Gasteiger partial charge in [-0.3, -0.25) is 0 Å². The van der Waals surface area contributed by atoms with Crippen molar-refractivity contribution in [1.29, 1.82) is 0 Å². The normalized spacial score (nSPS) is 13.3. The van der Waals surface area contributed by atoms with E-state index < -0.39 is 0 Å². The third-order valence-electron chi connectivity index (χ3n) is 2.33. The van der Waals surface area contributed by atoms with Crippen molar-refractivity contribution >= 4 is 21.6 Å². The van der Waals surface area contributed by atoms with Gasteiger partial charge in [0.2, 0.25) is 0 Å². The Bertz CT molecular complexity index is 389. The zero-order chi connectivity index (χ0) is 9.97. The number of thiazole rings is 1. The van der Waals surface area contributed by atoms with E-state index in [1.165, 1.54) is 9.71 Å². The molecule has 0 fully saturated rings. The van der Waals surface area contributed by atoms with Crippen LogP contribution in [0.15, 0.2) is 24.3 Å². The first-order valence-corrected chi connectivity index (χ1v) is 5.68. The lowest BCUT2D eigenvalue weighted by atomic mass is 10.1. The summed E-state index contributed by atoms with van der Waals surface area (Å²) in [5.41, 5.74) is 6.65. The van der Waals surface area contributed by atoms with Gasteiger partial charge in [0.25, 0.3) is 0 Å². The quantitative estimate of drug-likeness (QED) is 0.838. The number of hydrogen-bond donors (Lipinski definition) is 1. The monoisotopic (exact) mass is 206 g/mol. The molecule has 0 aliphatic rings. The van der Waals surface area contributed by atoms with Gasteiger partial charge in [0.15, 0.2) is 0 Å². The van der Waals surface area contributed by atoms with Crippen molar-refractivity contribution in [2.45, 2.75) is 19.3 Å². The number of rotatable bonds is 3. The van der Waals surface area contributed by atoms with Crippen LogP contribution in [-0.2, 0) is 0 Å². The average Bonchev–Trinajstić information content (AvgIpc) is 2.61. The number of hydrogen-bond acceptors (Lipinski definition) is 3. The fourth-order valence-corrected chi connectivity index (χ4v) is 2.53. The first kappa shape index (κ1) is 9.62. The Morgan fingerprint density at radius 3 is 2.93 bits per heavy atom. The van der Waals surface area contributed by atoms with Crippen LogP contribution in [0.1, 0.15) is 24.3 Å². The van der Waals surface area contributed by atoms with E-state index >= 15 is 0 Å². The van der Waals surface area contributed by atoms with Gasteiger partial charge in [-0.15, -0.1) is 11.3 Å². The average molecular weight is 206 g/mol. The first-order chi connectivity index (χ1) is 6.81. The largest absolute Gasteiger partial charge is 0.330 e. The number of para-hydroxylation sites is 1. The molecule has 1 atom stereocenters. The molecule has 1 unspecified atom stereocenters. The molecule has 0 saturated heterocycles. The van der Waals surface area contributed by atoms with E-state index in [4.69, 9.17) is 5.73 Å². The molecule has 0 radical (unpaired) electrons. The van der Waals surface area contributed by atoms with Gasteiger partial charge in [-0.1, -0.05) is 19.1 Å². The van der Waals surface area contributed by atoms with Crippen LogP contribution in [0.3, 0.4) is 0 Å². The van der Waals surface area contributed by atoms with E-state index in [-0.39, 0.29) is 0 Å². The van der Waals surface area contributed by atoms with Crippen molar-refractivity contribution in [3.05, 3.63) is 29.3 Å². The fraction of sp³-hybridized carbons (Fsp3) is 0.364. The maximum Gasteiger partial charge on any atom is 0.0967 e. The molecule has 2 rings (SSSR count). The maximum atomic E-state index is 5.54. The Morgan fingerprint density at radius 1 is 1.43 bits per heavy atom. The van der Waals surface area contributed by atoms with Crippen LogP contribution in [0.4, 0.5) is 0 Å². The number of nitrogens with two attached hydrogens (primary N) is 1. The van der Waals surface area contributed by atoms with Crippen LogP contribution in [0.25, 0.3) is 10.2 Å².